The number of aliphatic imine (C=N–C) groups is 1. The van der Waals surface area contributed by atoms with Crippen LogP contribution in [0.25, 0.3) is 0 Å². The van der Waals surface area contributed by atoms with Crippen molar-refractivity contribution in [1.29, 1.82) is 0 Å². The summed E-state index contributed by atoms with van der Waals surface area (Å²) in [7, 11) is 2.09. The van der Waals surface area contributed by atoms with Crippen LogP contribution in [0.3, 0.4) is 0 Å². The average Bonchev–Trinajstić information content (AvgIpc) is 3.40. The van der Waals surface area contributed by atoms with E-state index in [9.17, 15) is 9.59 Å². The first-order valence-electron chi connectivity index (χ1n) is 9.39. The van der Waals surface area contributed by atoms with Crippen molar-refractivity contribution >= 4 is 40.0 Å². The second kappa shape index (κ2) is 8.26. The van der Waals surface area contributed by atoms with Crippen LogP contribution in [-0.4, -0.2) is 77.0 Å². The number of thioether (sulfide) groups is 1. The smallest absolute Gasteiger partial charge is 0.250 e. The van der Waals surface area contributed by atoms with E-state index < -0.39 is 11.9 Å². The number of carbonyl (C=O) groups excluding carboxylic acids is 2. The van der Waals surface area contributed by atoms with Crippen molar-refractivity contribution in [3.05, 3.63) is 41.7 Å². The molecule has 10 heteroatoms. The fourth-order valence-electron chi connectivity index (χ4n) is 3.36. The maximum atomic E-state index is 12.7. The third-order valence-corrected chi connectivity index (χ3v) is 6.19. The Morgan fingerprint density at radius 2 is 2.07 bits per heavy atom. The normalized spacial score (nSPS) is 19.8. The number of hydrogen-bond acceptors (Lipinski definition) is 7. The van der Waals surface area contributed by atoms with Crippen molar-refractivity contribution < 1.29 is 9.59 Å². The SMILES string of the molecule is CN1CCN(c2ccc(NC(=O)C3CSC(c4cn[nH]c4)=N3)c(C(N)=O)c2)CC1. The average molecular weight is 414 g/mol. The quantitative estimate of drug-likeness (QED) is 0.666. The van der Waals surface area contributed by atoms with E-state index in [4.69, 9.17) is 5.73 Å². The molecule has 1 unspecified atom stereocenters. The molecule has 0 spiro atoms. The molecule has 4 rings (SSSR count). The fraction of sp³-hybridized carbons (Fsp3) is 0.368. The number of aromatic amines is 1. The van der Waals surface area contributed by atoms with Gasteiger partial charge in [0.25, 0.3) is 5.91 Å². The molecular formula is C19H23N7O2S. The minimum absolute atomic E-state index is 0.258. The Bertz CT molecular complexity index is 936. The summed E-state index contributed by atoms with van der Waals surface area (Å²) in [6.07, 6.45) is 3.42. The molecule has 0 radical (unpaired) electrons. The van der Waals surface area contributed by atoms with E-state index in [0.29, 0.717) is 17.0 Å². The van der Waals surface area contributed by atoms with Crippen molar-refractivity contribution in [2.45, 2.75) is 6.04 Å². The molecule has 4 N–H and O–H groups in total. The zero-order chi connectivity index (χ0) is 20.4. The van der Waals surface area contributed by atoms with Crippen LogP contribution in [0.5, 0.6) is 0 Å². The van der Waals surface area contributed by atoms with Gasteiger partial charge in [-0.3, -0.25) is 19.7 Å². The summed E-state index contributed by atoms with van der Waals surface area (Å²) in [6.45, 7) is 3.68. The van der Waals surface area contributed by atoms with Gasteiger partial charge >= 0.3 is 0 Å². The molecule has 2 amide bonds. The van der Waals surface area contributed by atoms with Crippen molar-refractivity contribution in [1.82, 2.24) is 15.1 Å². The molecule has 3 heterocycles. The van der Waals surface area contributed by atoms with Gasteiger partial charge in [-0.25, -0.2) is 0 Å². The summed E-state index contributed by atoms with van der Waals surface area (Å²) in [4.78, 5) is 33.7. The first-order valence-corrected chi connectivity index (χ1v) is 10.4. The summed E-state index contributed by atoms with van der Waals surface area (Å²) < 4.78 is 0. The summed E-state index contributed by atoms with van der Waals surface area (Å²) in [5, 5.41) is 10.3. The monoisotopic (exact) mass is 413 g/mol. The van der Waals surface area contributed by atoms with Crippen molar-refractivity contribution in [2.75, 3.05) is 49.2 Å². The number of H-pyrrole nitrogens is 1. The molecule has 2 aliphatic rings. The highest BCUT2D eigenvalue weighted by Gasteiger charge is 2.27. The Morgan fingerprint density at radius 3 is 2.76 bits per heavy atom. The van der Waals surface area contributed by atoms with Gasteiger partial charge < -0.3 is 20.9 Å². The number of benzene rings is 1. The molecule has 1 aromatic carbocycles. The number of aromatic nitrogens is 2. The molecule has 0 aliphatic carbocycles. The van der Waals surface area contributed by atoms with Crippen LogP contribution < -0.4 is 16.0 Å². The van der Waals surface area contributed by atoms with Gasteiger partial charge in [0.15, 0.2) is 0 Å². The Morgan fingerprint density at radius 1 is 1.28 bits per heavy atom. The molecular weight excluding hydrogens is 390 g/mol. The number of likely N-dealkylation sites (N-methyl/N-ethyl adjacent to an activating group) is 1. The van der Waals surface area contributed by atoms with Crippen LogP contribution in [0.15, 0.2) is 35.6 Å². The molecule has 29 heavy (non-hydrogen) atoms. The molecule has 0 bridgehead atoms. The minimum atomic E-state index is -0.570. The highest BCUT2D eigenvalue weighted by molar-refractivity contribution is 8.14. The molecule has 1 aromatic heterocycles. The van der Waals surface area contributed by atoms with Crippen molar-refractivity contribution in [2.24, 2.45) is 10.7 Å². The Labute approximate surface area is 172 Å². The maximum absolute atomic E-state index is 12.7. The van der Waals surface area contributed by atoms with E-state index in [1.54, 1.807) is 24.5 Å². The fourth-order valence-corrected chi connectivity index (χ4v) is 4.38. The van der Waals surface area contributed by atoms with E-state index in [-0.39, 0.29) is 5.91 Å². The van der Waals surface area contributed by atoms with Gasteiger partial charge in [-0.05, 0) is 25.2 Å². The lowest BCUT2D eigenvalue weighted by Gasteiger charge is -2.34. The second-order valence-electron chi connectivity index (χ2n) is 7.12. The number of hydrogen-bond donors (Lipinski definition) is 3. The molecule has 1 fully saturated rings. The van der Waals surface area contributed by atoms with Gasteiger partial charge in [0.05, 0.1) is 17.4 Å². The molecule has 1 saturated heterocycles. The van der Waals surface area contributed by atoms with Crippen LogP contribution in [0, 0.1) is 0 Å². The number of nitrogens with one attached hydrogen (secondary N) is 2. The van der Waals surface area contributed by atoms with E-state index in [2.05, 4.69) is 37.4 Å². The molecule has 152 valence electrons. The number of nitrogens with zero attached hydrogens (tertiary/aromatic N) is 4. The topological polar surface area (TPSA) is 120 Å². The predicted octanol–water partition coefficient (Wildman–Crippen LogP) is 0.761. The van der Waals surface area contributed by atoms with Gasteiger partial charge in [-0.1, -0.05) is 0 Å². The van der Waals surface area contributed by atoms with Gasteiger partial charge in [0.1, 0.15) is 11.1 Å². The predicted molar refractivity (Wildman–Crippen MR) is 115 cm³/mol. The third kappa shape index (κ3) is 4.28. The number of rotatable bonds is 5. The first-order chi connectivity index (χ1) is 14.0. The summed E-state index contributed by atoms with van der Waals surface area (Å²) in [5.74, 6) is -0.289. The Balaban J connectivity index is 1.49. The lowest BCUT2D eigenvalue weighted by atomic mass is 10.1. The number of nitrogens with two attached hydrogens (primary N) is 1. The molecule has 1 atom stereocenters. The lowest BCUT2D eigenvalue weighted by Crippen LogP contribution is -2.44. The third-order valence-electron chi connectivity index (χ3n) is 5.09. The lowest BCUT2D eigenvalue weighted by molar-refractivity contribution is -0.116. The number of primary amides is 1. The molecule has 0 saturated carbocycles. The van der Waals surface area contributed by atoms with Gasteiger partial charge in [0.2, 0.25) is 5.91 Å². The molecule has 9 nitrogen and oxygen atoms in total. The number of piperazine rings is 1. The Kier molecular flexibility index (Phi) is 5.54. The van der Waals surface area contributed by atoms with E-state index >= 15 is 0 Å². The summed E-state index contributed by atoms with van der Waals surface area (Å²) in [6, 6.07) is 4.89. The van der Waals surface area contributed by atoms with Crippen LogP contribution in [0.1, 0.15) is 15.9 Å². The van der Waals surface area contributed by atoms with Gasteiger partial charge in [-0.2, -0.15) is 5.10 Å². The van der Waals surface area contributed by atoms with Gasteiger partial charge in [-0.15, -0.1) is 11.8 Å². The maximum Gasteiger partial charge on any atom is 0.250 e. The molecule has 2 aliphatic heterocycles. The van der Waals surface area contributed by atoms with E-state index in [0.717, 1.165) is 42.5 Å². The van der Waals surface area contributed by atoms with Crippen LogP contribution in [0.4, 0.5) is 11.4 Å². The first kappa shape index (κ1) is 19.5. The number of carbonyl (C=O) groups is 2. The van der Waals surface area contributed by atoms with Crippen LogP contribution in [-0.2, 0) is 4.79 Å². The van der Waals surface area contributed by atoms with Crippen molar-refractivity contribution in [3.63, 3.8) is 0 Å². The standard InChI is InChI=1S/C19H23N7O2S/c1-25-4-6-26(7-5-25)13-2-3-15(14(8-13)17(20)27)23-18(28)16-11-29-19(24-16)12-9-21-22-10-12/h2-3,8-10,16H,4-7,11H2,1H3,(H2,20,27)(H,21,22)(H,23,28). The Hall–Kier alpha value is -2.85. The zero-order valence-electron chi connectivity index (χ0n) is 16.1. The van der Waals surface area contributed by atoms with Crippen LogP contribution in [0.2, 0.25) is 0 Å². The van der Waals surface area contributed by atoms with E-state index in [1.807, 2.05) is 6.07 Å². The van der Waals surface area contributed by atoms with E-state index in [1.165, 1.54) is 11.8 Å². The molecule has 2 aromatic rings. The second-order valence-corrected chi connectivity index (χ2v) is 8.13. The highest BCUT2D eigenvalue weighted by atomic mass is 32.2. The van der Waals surface area contributed by atoms with Gasteiger partial charge in [0, 0.05) is 49.4 Å². The largest absolute Gasteiger partial charge is 0.369 e. The summed E-state index contributed by atoms with van der Waals surface area (Å²) >= 11 is 1.51. The minimum Gasteiger partial charge on any atom is -0.369 e. The number of anilines is 2. The van der Waals surface area contributed by atoms with Crippen molar-refractivity contribution in [3.8, 4) is 0 Å². The highest BCUT2D eigenvalue weighted by Crippen LogP contribution is 2.27. The summed E-state index contributed by atoms with van der Waals surface area (Å²) in [5.41, 5.74) is 8.10. The van der Waals surface area contributed by atoms with Crippen LogP contribution >= 0.6 is 11.8 Å². The number of amides is 2. The zero-order valence-corrected chi connectivity index (χ0v) is 16.9.